The molecule has 2 N–H and O–H groups in total. The second kappa shape index (κ2) is 7.60. The zero-order valence-electron chi connectivity index (χ0n) is 14.3. The normalized spacial score (nSPS) is 22.5. The van der Waals surface area contributed by atoms with Gasteiger partial charge < -0.3 is 20.1 Å². The van der Waals surface area contributed by atoms with Gasteiger partial charge in [-0.05, 0) is 32.1 Å². The summed E-state index contributed by atoms with van der Waals surface area (Å²) < 4.78 is 10.7. The highest BCUT2D eigenvalue weighted by molar-refractivity contribution is 6.79. The first-order chi connectivity index (χ1) is 9.69. The lowest BCUT2D eigenvalue weighted by molar-refractivity contribution is 0.0441. The summed E-state index contributed by atoms with van der Waals surface area (Å²) in [5, 5.41) is -0.320. The molecule has 6 heteroatoms. The highest BCUT2D eigenvalue weighted by atomic mass is 28.3. The van der Waals surface area contributed by atoms with Crippen molar-refractivity contribution < 1.29 is 14.3 Å². The second-order valence-electron chi connectivity index (χ2n) is 7.25. The number of carbonyl (C=O) groups is 1. The summed E-state index contributed by atoms with van der Waals surface area (Å²) in [5.74, 6) is 0.506. The van der Waals surface area contributed by atoms with Gasteiger partial charge in [-0.1, -0.05) is 19.6 Å². The molecule has 0 aliphatic carbocycles. The van der Waals surface area contributed by atoms with Gasteiger partial charge in [0.25, 0.3) is 0 Å². The Morgan fingerprint density at radius 1 is 1.48 bits per heavy atom. The molecule has 1 aliphatic rings. The average molecular weight is 317 g/mol. The number of rotatable bonds is 6. The number of ether oxygens (including phenoxy) is 2. The molecule has 1 aliphatic heterocycles. The zero-order chi connectivity index (χ0) is 16.1. The molecule has 1 saturated heterocycles. The Bertz CT molecular complexity index is 340. The van der Waals surface area contributed by atoms with Crippen molar-refractivity contribution in [1.82, 2.24) is 4.90 Å². The Morgan fingerprint density at radius 2 is 2.14 bits per heavy atom. The molecular formula is C15H32N2O3Si. The average Bonchev–Trinajstić information content (AvgIpc) is 2.38. The molecule has 0 bridgehead atoms. The van der Waals surface area contributed by atoms with Gasteiger partial charge >= 0.3 is 6.09 Å². The smallest absolute Gasteiger partial charge is 0.409 e. The summed E-state index contributed by atoms with van der Waals surface area (Å²) in [7, 11) is 0.121. The largest absolute Gasteiger partial charge is 0.450 e. The Kier molecular flexibility index (Phi) is 6.68. The molecule has 124 valence electrons. The molecule has 1 heterocycles. The Balaban J connectivity index is 2.75. The minimum Gasteiger partial charge on any atom is -0.450 e. The lowest BCUT2D eigenvalue weighted by atomic mass is 9.94. The third kappa shape index (κ3) is 5.27. The van der Waals surface area contributed by atoms with Gasteiger partial charge in [0.15, 0.2) is 0 Å². The van der Waals surface area contributed by atoms with Crippen LogP contribution in [0.25, 0.3) is 0 Å². The second-order valence-corrected chi connectivity index (χ2v) is 12.7. The maximum atomic E-state index is 11.9. The van der Waals surface area contributed by atoms with Gasteiger partial charge in [-0.3, -0.25) is 0 Å². The molecule has 0 unspecified atom stereocenters. The van der Waals surface area contributed by atoms with Crippen LogP contribution >= 0.6 is 0 Å². The molecule has 21 heavy (non-hydrogen) atoms. The summed E-state index contributed by atoms with van der Waals surface area (Å²) in [4.78, 5) is 13.5. The SMILES string of the molecule is CCOC(=O)N(C)C[C@](N)(C[C@@H]1CCCOC1)[Si](C)(C)C. The van der Waals surface area contributed by atoms with Crippen molar-refractivity contribution in [3.8, 4) is 0 Å². The number of likely N-dealkylation sites (N-methyl/N-ethyl adjacent to an activating group) is 1. The highest BCUT2D eigenvalue weighted by Gasteiger charge is 2.43. The fraction of sp³-hybridized carbons (Fsp3) is 0.933. The van der Waals surface area contributed by atoms with Crippen molar-refractivity contribution in [3.63, 3.8) is 0 Å². The van der Waals surface area contributed by atoms with Gasteiger partial charge in [-0.15, -0.1) is 0 Å². The third-order valence-electron chi connectivity index (χ3n) is 4.50. The van der Waals surface area contributed by atoms with Gasteiger partial charge in [0.2, 0.25) is 0 Å². The van der Waals surface area contributed by atoms with Crippen LogP contribution in [0.3, 0.4) is 0 Å². The molecule has 0 radical (unpaired) electrons. The summed E-state index contributed by atoms with van der Waals surface area (Å²) in [6, 6.07) is 0. The summed E-state index contributed by atoms with van der Waals surface area (Å²) in [5.41, 5.74) is 6.80. The van der Waals surface area contributed by atoms with Crippen LogP contribution in [0.5, 0.6) is 0 Å². The Morgan fingerprint density at radius 3 is 2.62 bits per heavy atom. The van der Waals surface area contributed by atoms with E-state index in [9.17, 15) is 4.79 Å². The van der Waals surface area contributed by atoms with Crippen LogP contribution < -0.4 is 5.73 Å². The fourth-order valence-electron chi connectivity index (χ4n) is 2.81. The topological polar surface area (TPSA) is 64.8 Å². The molecule has 0 aromatic carbocycles. The van der Waals surface area contributed by atoms with Crippen LogP contribution in [-0.2, 0) is 9.47 Å². The predicted octanol–water partition coefficient (Wildman–Crippen LogP) is 2.47. The first kappa shape index (κ1) is 18.5. The monoisotopic (exact) mass is 316 g/mol. The Labute approximate surface area is 130 Å². The maximum Gasteiger partial charge on any atom is 0.409 e. The van der Waals surface area contributed by atoms with Crippen LogP contribution in [0.1, 0.15) is 26.2 Å². The number of hydrogen-bond acceptors (Lipinski definition) is 4. The van der Waals surface area contributed by atoms with Crippen molar-refractivity contribution in [2.75, 3.05) is 33.4 Å². The zero-order valence-corrected chi connectivity index (χ0v) is 15.3. The van der Waals surface area contributed by atoms with Crippen LogP contribution in [0, 0.1) is 5.92 Å². The van der Waals surface area contributed by atoms with Crippen molar-refractivity contribution in [2.45, 2.75) is 51.0 Å². The van der Waals surface area contributed by atoms with Crippen molar-refractivity contribution in [1.29, 1.82) is 0 Å². The van der Waals surface area contributed by atoms with Crippen molar-refractivity contribution in [3.05, 3.63) is 0 Å². The molecule has 0 spiro atoms. The number of nitrogens with two attached hydrogens (primary N) is 1. The van der Waals surface area contributed by atoms with Gasteiger partial charge in [-0.25, -0.2) is 4.79 Å². The molecule has 1 rings (SSSR count). The standard InChI is InChI=1S/C15H32N2O3Si/c1-6-20-14(18)17(2)12-15(16,21(3,4)5)10-13-8-7-9-19-11-13/h13H,6-12,16H2,1-5H3/t13-,15-/m0/s1. The molecule has 0 saturated carbocycles. The van der Waals surface area contributed by atoms with E-state index in [1.54, 1.807) is 11.9 Å². The van der Waals surface area contributed by atoms with E-state index in [1.165, 1.54) is 6.42 Å². The van der Waals surface area contributed by atoms with Crippen LogP contribution in [-0.4, -0.2) is 57.6 Å². The lowest BCUT2D eigenvalue weighted by Crippen LogP contribution is -2.66. The predicted molar refractivity (Wildman–Crippen MR) is 88.1 cm³/mol. The van der Waals surface area contributed by atoms with Crippen LogP contribution in [0.15, 0.2) is 0 Å². The van der Waals surface area contributed by atoms with E-state index in [0.29, 0.717) is 19.1 Å². The molecule has 1 amide bonds. The van der Waals surface area contributed by atoms with Crippen molar-refractivity contribution >= 4 is 14.2 Å². The molecule has 1 fully saturated rings. The third-order valence-corrected chi connectivity index (χ3v) is 7.85. The Hall–Kier alpha value is -0.593. The lowest BCUT2D eigenvalue weighted by Gasteiger charge is -2.45. The number of carbonyl (C=O) groups excluding carboxylic acids is 1. The fourth-order valence-corrected chi connectivity index (χ4v) is 4.43. The van der Waals surface area contributed by atoms with E-state index in [-0.39, 0.29) is 11.3 Å². The van der Waals surface area contributed by atoms with E-state index in [1.807, 2.05) is 6.92 Å². The summed E-state index contributed by atoms with van der Waals surface area (Å²) in [6.07, 6.45) is 2.92. The van der Waals surface area contributed by atoms with E-state index in [4.69, 9.17) is 15.2 Å². The molecule has 0 aromatic heterocycles. The van der Waals surface area contributed by atoms with Gasteiger partial charge in [0, 0.05) is 32.0 Å². The summed E-state index contributed by atoms with van der Waals surface area (Å²) >= 11 is 0. The molecule has 2 atom stereocenters. The van der Waals surface area contributed by atoms with Crippen LogP contribution in [0.2, 0.25) is 19.6 Å². The van der Waals surface area contributed by atoms with E-state index >= 15 is 0 Å². The quantitative estimate of drug-likeness (QED) is 0.765. The first-order valence-corrected chi connectivity index (χ1v) is 11.4. The van der Waals surface area contributed by atoms with E-state index in [0.717, 1.165) is 26.1 Å². The van der Waals surface area contributed by atoms with E-state index < -0.39 is 8.07 Å². The maximum absolute atomic E-state index is 11.9. The summed E-state index contributed by atoms with van der Waals surface area (Å²) in [6.45, 7) is 11.2. The van der Waals surface area contributed by atoms with E-state index in [2.05, 4.69) is 19.6 Å². The molecule has 5 nitrogen and oxygen atoms in total. The van der Waals surface area contributed by atoms with Gasteiger partial charge in [0.05, 0.1) is 14.7 Å². The minimum absolute atomic E-state index is 0.287. The van der Waals surface area contributed by atoms with Gasteiger partial charge in [0.1, 0.15) is 0 Å². The first-order valence-electron chi connectivity index (χ1n) is 7.94. The van der Waals surface area contributed by atoms with Crippen LogP contribution in [0.4, 0.5) is 4.79 Å². The number of hydrogen-bond donors (Lipinski definition) is 1. The minimum atomic E-state index is -1.65. The number of nitrogens with zero attached hydrogens (tertiary/aromatic N) is 1. The van der Waals surface area contributed by atoms with Crippen molar-refractivity contribution in [2.24, 2.45) is 11.7 Å². The highest BCUT2D eigenvalue weighted by Crippen LogP contribution is 2.30. The molecular weight excluding hydrogens is 284 g/mol. The molecule has 0 aromatic rings. The van der Waals surface area contributed by atoms with Gasteiger partial charge in [-0.2, -0.15) is 0 Å². The number of amides is 1.